The molecule has 1 fully saturated rings. The van der Waals surface area contributed by atoms with Gasteiger partial charge in [-0.15, -0.1) is 0 Å². The molecular formula is C17H16ClFN2O3. The molecule has 2 aromatic rings. The van der Waals surface area contributed by atoms with E-state index in [4.69, 9.17) is 21.1 Å². The van der Waals surface area contributed by atoms with Gasteiger partial charge in [-0.25, -0.2) is 9.37 Å². The molecule has 0 radical (unpaired) electrons. The summed E-state index contributed by atoms with van der Waals surface area (Å²) in [5.74, 6) is -0.542. The topological polar surface area (TPSA) is 60.5 Å². The van der Waals surface area contributed by atoms with Crippen molar-refractivity contribution < 1.29 is 18.7 Å². The first-order valence-corrected chi connectivity index (χ1v) is 7.88. The Hall–Kier alpha value is -2.18. The van der Waals surface area contributed by atoms with Crippen LogP contribution in [0.25, 0.3) is 0 Å². The molecule has 0 bridgehead atoms. The van der Waals surface area contributed by atoms with Crippen molar-refractivity contribution in [3.05, 3.63) is 52.4 Å². The van der Waals surface area contributed by atoms with Gasteiger partial charge in [-0.05, 0) is 30.7 Å². The van der Waals surface area contributed by atoms with E-state index in [2.05, 4.69) is 10.3 Å². The number of rotatable bonds is 4. The summed E-state index contributed by atoms with van der Waals surface area (Å²) in [6.45, 7) is 2.80. The Morgan fingerprint density at radius 1 is 1.46 bits per heavy atom. The van der Waals surface area contributed by atoms with Crippen LogP contribution in [0, 0.1) is 12.7 Å². The van der Waals surface area contributed by atoms with Crippen molar-refractivity contribution >= 4 is 23.2 Å². The van der Waals surface area contributed by atoms with E-state index in [1.807, 2.05) is 0 Å². The summed E-state index contributed by atoms with van der Waals surface area (Å²) in [4.78, 5) is 16.3. The summed E-state index contributed by atoms with van der Waals surface area (Å²) in [5.41, 5.74) is 1.13. The van der Waals surface area contributed by atoms with E-state index in [0.717, 1.165) is 6.42 Å². The van der Waals surface area contributed by atoms with Crippen molar-refractivity contribution in [2.75, 3.05) is 18.5 Å². The van der Waals surface area contributed by atoms with E-state index in [9.17, 15) is 9.18 Å². The fourth-order valence-corrected chi connectivity index (χ4v) is 2.48. The minimum Gasteiger partial charge on any atom is -0.471 e. The highest BCUT2D eigenvalue weighted by atomic mass is 35.5. The lowest BCUT2D eigenvalue weighted by molar-refractivity contribution is 0.102. The normalized spacial score (nSPS) is 16.9. The predicted octanol–water partition coefficient (Wildman–Crippen LogP) is 3.60. The van der Waals surface area contributed by atoms with Crippen molar-refractivity contribution in [3.63, 3.8) is 0 Å². The second-order valence-corrected chi connectivity index (χ2v) is 5.94. The Labute approximate surface area is 143 Å². The molecule has 0 aliphatic carbocycles. The second-order valence-electron chi connectivity index (χ2n) is 5.53. The molecule has 5 nitrogen and oxygen atoms in total. The number of carbonyl (C=O) groups is 1. The van der Waals surface area contributed by atoms with Gasteiger partial charge in [-0.3, -0.25) is 4.79 Å². The van der Waals surface area contributed by atoms with E-state index in [-0.39, 0.29) is 28.4 Å². The number of pyridine rings is 1. The average Bonchev–Trinajstić information content (AvgIpc) is 3.06. The number of nitrogens with one attached hydrogen (secondary N) is 1. The zero-order valence-corrected chi connectivity index (χ0v) is 13.8. The summed E-state index contributed by atoms with van der Waals surface area (Å²) < 4.78 is 24.4. The summed E-state index contributed by atoms with van der Waals surface area (Å²) in [6.07, 6.45) is 2.07. The lowest BCUT2D eigenvalue weighted by Crippen LogP contribution is -2.17. The van der Waals surface area contributed by atoms with Crippen molar-refractivity contribution in [1.82, 2.24) is 4.98 Å². The molecule has 3 rings (SSSR count). The molecule has 1 saturated heterocycles. The third-order valence-corrected chi connectivity index (χ3v) is 3.94. The van der Waals surface area contributed by atoms with E-state index < -0.39 is 5.91 Å². The van der Waals surface area contributed by atoms with Crippen LogP contribution in [0.15, 0.2) is 30.5 Å². The van der Waals surface area contributed by atoms with Gasteiger partial charge in [0.1, 0.15) is 16.9 Å². The number of aromatic nitrogens is 1. The van der Waals surface area contributed by atoms with Crippen LogP contribution in [0.5, 0.6) is 5.88 Å². The number of nitrogens with zero attached hydrogens (tertiary/aromatic N) is 1. The minimum absolute atomic E-state index is 0.0785. The number of benzene rings is 1. The largest absolute Gasteiger partial charge is 0.471 e. The summed E-state index contributed by atoms with van der Waals surface area (Å²) in [6, 6.07) is 5.96. The number of hydrogen-bond donors (Lipinski definition) is 1. The third kappa shape index (κ3) is 3.83. The quantitative estimate of drug-likeness (QED) is 0.915. The van der Waals surface area contributed by atoms with Crippen LogP contribution in [-0.2, 0) is 4.74 Å². The smallest absolute Gasteiger partial charge is 0.257 e. The third-order valence-electron chi connectivity index (χ3n) is 3.67. The Balaban J connectivity index is 1.70. The van der Waals surface area contributed by atoms with Crippen LogP contribution in [0.1, 0.15) is 22.3 Å². The molecule has 1 N–H and O–H groups in total. The van der Waals surface area contributed by atoms with E-state index in [1.165, 1.54) is 18.3 Å². The summed E-state index contributed by atoms with van der Waals surface area (Å²) in [7, 11) is 0. The Kier molecular flexibility index (Phi) is 4.97. The van der Waals surface area contributed by atoms with E-state index in [0.29, 0.717) is 24.5 Å². The molecule has 0 saturated carbocycles. The fraction of sp³-hybridized carbons (Fsp3) is 0.294. The molecule has 1 unspecified atom stereocenters. The number of carbonyl (C=O) groups excluding carboxylic acids is 1. The standard InChI is InChI=1S/C17H16ClFN2O3/c1-10-2-3-12(7-15(10)19)21-16(22)11-6-14(18)17(20-8-11)24-13-4-5-23-9-13/h2-3,6-8,13H,4-5,9H2,1H3,(H,21,22). The number of aryl methyl sites for hydroxylation is 1. The predicted molar refractivity (Wildman–Crippen MR) is 88.2 cm³/mol. The molecule has 7 heteroatoms. The second kappa shape index (κ2) is 7.15. The molecular weight excluding hydrogens is 335 g/mol. The van der Waals surface area contributed by atoms with Crippen LogP contribution in [0.3, 0.4) is 0 Å². The van der Waals surface area contributed by atoms with Crippen LogP contribution in [0.2, 0.25) is 5.02 Å². The molecule has 1 aliphatic rings. The lowest BCUT2D eigenvalue weighted by atomic mass is 10.2. The van der Waals surface area contributed by atoms with Crippen molar-refractivity contribution in [1.29, 1.82) is 0 Å². The first-order chi connectivity index (χ1) is 11.5. The van der Waals surface area contributed by atoms with Crippen LogP contribution in [-0.4, -0.2) is 30.2 Å². The van der Waals surface area contributed by atoms with Gasteiger partial charge in [0.2, 0.25) is 5.88 Å². The maximum absolute atomic E-state index is 13.5. The highest BCUT2D eigenvalue weighted by Gasteiger charge is 2.20. The van der Waals surface area contributed by atoms with E-state index in [1.54, 1.807) is 19.1 Å². The molecule has 1 aromatic heterocycles. The maximum atomic E-state index is 13.5. The van der Waals surface area contributed by atoms with Gasteiger partial charge in [0, 0.05) is 18.3 Å². The molecule has 2 heterocycles. The summed E-state index contributed by atoms with van der Waals surface area (Å²) in [5, 5.41) is 2.85. The number of ether oxygens (including phenoxy) is 2. The number of halogens is 2. The monoisotopic (exact) mass is 350 g/mol. The van der Waals surface area contributed by atoms with Gasteiger partial charge in [-0.2, -0.15) is 0 Å². The number of amides is 1. The van der Waals surface area contributed by atoms with Gasteiger partial charge in [0.05, 0.1) is 18.8 Å². The Morgan fingerprint density at radius 3 is 2.96 bits per heavy atom. The van der Waals surface area contributed by atoms with Crippen LogP contribution in [0.4, 0.5) is 10.1 Å². The molecule has 1 aromatic carbocycles. The molecule has 0 spiro atoms. The maximum Gasteiger partial charge on any atom is 0.257 e. The zero-order valence-electron chi connectivity index (χ0n) is 13.0. The number of anilines is 1. The first-order valence-electron chi connectivity index (χ1n) is 7.50. The van der Waals surface area contributed by atoms with Gasteiger partial charge in [0.25, 0.3) is 5.91 Å². The minimum atomic E-state index is -0.427. The van der Waals surface area contributed by atoms with Gasteiger partial charge in [0.15, 0.2) is 0 Å². The molecule has 1 aliphatic heterocycles. The molecule has 1 amide bonds. The molecule has 1 atom stereocenters. The molecule has 24 heavy (non-hydrogen) atoms. The van der Waals surface area contributed by atoms with Gasteiger partial charge >= 0.3 is 0 Å². The average molecular weight is 351 g/mol. The van der Waals surface area contributed by atoms with Gasteiger partial charge < -0.3 is 14.8 Å². The highest BCUT2D eigenvalue weighted by Crippen LogP contribution is 2.25. The lowest BCUT2D eigenvalue weighted by Gasteiger charge is -2.12. The highest BCUT2D eigenvalue weighted by molar-refractivity contribution is 6.32. The van der Waals surface area contributed by atoms with Crippen molar-refractivity contribution in [2.45, 2.75) is 19.4 Å². The van der Waals surface area contributed by atoms with Crippen LogP contribution < -0.4 is 10.1 Å². The number of hydrogen-bond acceptors (Lipinski definition) is 4. The van der Waals surface area contributed by atoms with Crippen LogP contribution >= 0.6 is 11.6 Å². The SMILES string of the molecule is Cc1ccc(NC(=O)c2cnc(OC3CCOC3)c(Cl)c2)cc1F. The zero-order chi connectivity index (χ0) is 17.1. The Bertz CT molecular complexity index is 763. The fourth-order valence-electron chi connectivity index (χ4n) is 2.27. The van der Waals surface area contributed by atoms with Gasteiger partial charge in [-0.1, -0.05) is 17.7 Å². The molecule has 126 valence electrons. The Morgan fingerprint density at radius 2 is 2.29 bits per heavy atom. The first kappa shape index (κ1) is 16.7. The van der Waals surface area contributed by atoms with E-state index >= 15 is 0 Å². The van der Waals surface area contributed by atoms with Crippen molar-refractivity contribution in [3.8, 4) is 5.88 Å². The van der Waals surface area contributed by atoms with Crippen molar-refractivity contribution in [2.24, 2.45) is 0 Å². The summed E-state index contributed by atoms with van der Waals surface area (Å²) >= 11 is 6.13.